The Kier molecular flexibility index (Phi) is 8.69. The molecular weight excluding hydrogens is 989 g/mol. The first-order chi connectivity index (χ1) is 40.8. The van der Waals surface area contributed by atoms with Gasteiger partial charge in [0.15, 0.2) is 0 Å². The third-order valence-electron chi connectivity index (χ3n) is 19.3. The van der Waals surface area contributed by atoms with E-state index in [1.165, 1.54) is 165 Å². The summed E-state index contributed by atoms with van der Waals surface area (Å²) in [6, 6.07) is 110. The van der Waals surface area contributed by atoms with Crippen LogP contribution in [-0.2, 0) is 10.8 Å². The van der Waals surface area contributed by atoms with E-state index in [0.29, 0.717) is 0 Å². The number of aromatic nitrogens is 2. The molecule has 4 aromatic heterocycles. The Labute approximate surface area is 473 Å². The predicted octanol–water partition coefficient (Wildman–Crippen LogP) is 20.0. The molecule has 19 rings (SSSR count). The fourth-order valence-electron chi connectivity index (χ4n) is 16.5. The second-order valence-corrected chi connectivity index (χ2v) is 22.8. The van der Waals surface area contributed by atoms with Crippen LogP contribution in [0.2, 0.25) is 0 Å². The molecule has 378 valence electrons. The molecule has 0 amide bonds. The van der Waals surface area contributed by atoms with Crippen molar-refractivity contribution in [1.29, 1.82) is 0 Å². The summed E-state index contributed by atoms with van der Waals surface area (Å²) in [6.45, 7) is 0. The normalized spacial score (nSPS) is 14.0. The van der Waals surface area contributed by atoms with Gasteiger partial charge in [-0.15, -0.1) is 0 Å². The highest BCUT2D eigenvalue weighted by Crippen LogP contribution is 2.64. The van der Waals surface area contributed by atoms with Crippen LogP contribution in [0.4, 0.5) is 0 Å². The summed E-state index contributed by atoms with van der Waals surface area (Å²) in [4.78, 5) is 0. The Morgan fingerprint density at radius 1 is 0.220 bits per heavy atom. The molecule has 0 fully saturated rings. The monoisotopic (exact) mass is 1040 g/mol. The largest absolute Gasteiger partial charge is 0.307 e. The lowest BCUT2D eigenvalue weighted by atomic mass is 9.67. The SMILES string of the molecule is c1ccc(-c2c3c4cc5c(c6c7ccccc7n(c3c(-c3ccccc3)c3c7cc8c(c9c%10ccccc%10n(c23)c79)-c2ccccc2C8(c2ccccc2)c2ccccc2)c46)-c2ccccc2C5(c2ccccc2)c2ccccc2)cc1. The van der Waals surface area contributed by atoms with Crippen molar-refractivity contribution >= 4 is 76.2 Å². The van der Waals surface area contributed by atoms with Crippen molar-refractivity contribution in [3.63, 3.8) is 0 Å². The molecule has 2 heteroatoms. The third-order valence-corrected chi connectivity index (χ3v) is 19.3. The molecule has 2 nitrogen and oxygen atoms in total. The van der Waals surface area contributed by atoms with Gasteiger partial charge in [-0.1, -0.05) is 267 Å². The topological polar surface area (TPSA) is 8.82 Å². The van der Waals surface area contributed by atoms with E-state index < -0.39 is 10.8 Å². The van der Waals surface area contributed by atoms with Crippen molar-refractivity contribution in [2.45, 2.75) is 10.8 Å². The molecule has 0 N–H and O–H groups in total. The minimum atomic E-state index is -0.614. The number of nitrogens with zero attached hydrogens (tertiary/aromatic N) is 2. The average Bonchev–Trinajstić information content (AvgIpc) is 2.43. The minimum Gasteiger partial charge on any atom is -0.307 e. The zero-order chi connectivity index (χ0) is 53.4. The third kappa shape index (κ3) is 5.23. The molecular formula is C80H48N2. The standard InChI is InChI=1S/C80H48N2/c1-7-27-49(28-8-1)67-73-59-47-63-69(55-39-19-23-43-61(55)79(63,51-31-11-3-12-32-51)52-33-13-4-14-34-52)71-58-42-22-26-46-66(58)82(75(59)71)78(73)68(50-29-9-2-10-30-50)74-60-48-64-70(72-57-41-21-25-45-65(57)81(76(60)72)77(67)74)56-40-20-24-44-62(56)80(64,53-35-15-5-16-36-53)54-37-17-6-18-38-54/h1-48H. The van der Waals surface area contributed by atoms with E-state index in [-0.39, 0.29) is 0 Å². The van der Waals surface area contributed by atoms with Crippen molar-refractivity contribution < 1.29 is 0 Å². The Morgan fingerprint density at radius 3 is 0.878 bits per heavy atom. The molecule has 0 radical (unpaired) electrons. The lowest BCUT2D eigenvalue weighted by molar-refractivity contribution is 0.770. The van der Waals surface area contributed by atoms with Gasteiger partial charge in [-0.05, 0) is 102 Å². The highest BCUT2D eigenvalue weighted by molar-refractivity contribution is 6.40. The molecule has 2 aliphatic carbocycles. The van der Waals surface area contributed by atoms with E-state index in [9.17, 15) is 0 Å². The molecule has 0 saturated heterocycles. The van der Waals surface area contributed by atoms with Crippen LogP contribution >= 0.6 is 0 Å². The van der Waals surface area contributed by atoms with Gasteiger partial charge in [0, 0.05) is 54.2 Å². The zero-order valence-corrected chi connectivity index (χ0v) is 44.6. The molecule has 82 heavy (non-hydrogen) atoms. The minimum absolute atomic E-state index is 0.614. The van der Waals surface area contributed by atoms with Gasteiger partial charge in [0.25, 0.3) is 0 Å². The Hall–Kier alpha value is -10.5. The fraction of sp³-hybridized carbons (Fsp3) is 0.0250. The Bertz CT molecular complexity index is 5040. The Balaban J connectivity index is 1.11. The summed E-state index contributed by atoms with van der Waals surface area (Å²) in [6.07, 6.45) is 0. The highest BCUT2D eigenvalue weighted by atomic mass is 14.9. The van der Waals surface area contributed by atoms with Crippen LogP contribution < -0.4 is 0 Å². The number of benzene rings is 13. The first kappa shape index (κ1) is 44.3. The summed E-state index contributed by atoms with van der Waals surface area (Å²) in [7, 11) is 0. The van der Waals surface area contributed by atoms with Crippen LogP contribution in [0.3, 0.4) is 0 Å². The molecule has 0 aliphatic heterocycles. The lowest BCUT2D eigenvalue weighted by Crippen LogP contribution is -2.28. The smallest absolute Gasteiger partial charge is 0.0714 e. The lowest BCUT2D eigenvalue weighted by Gasteiger charge is -2.34. The molecule has 4 heterocycles. The van der Waals surface area contributed by atoms with Crippen LogP contribution in [0.25, 0.3) is 121 Å². The quantitative estimate of drug-likeness (QED) is 0.157. The first-order valence-corrected chi connectivity index (χ1v) is 28.8. The number of fused-ring (bicyclic) bond motifs is 20. The summed E-state index contributed by atoms with van der Waals surface area (Å²) in [5.74, 6) is 0. The van der Waals surface area contributed by atoms with Crippen LogP contribution in [-0.4, -0.2) is 8.80 Å². The summed E-state index contributed by atoms with van der Waals surface area (Å²) in [5.41, 5.74) is 26.6. The fourth-order valence-corrected chi connectivity index (χ4v) is 16.5. The number of hydrogen-bond donors (Lipinski definition) is 0. The van der Waals surface area contributed by atoms with Crippen molar-refractivity contribution in [1.82, 2.24) is 8.80 Å². The zero-order valence-electron chi connectivity index (χ0n) is 44.6. The van der Waals surface area contributed by atoms with E-state index in [1.54, 1.807) is 0 Å². The van der Waals surface area contributed by atoms with Crippen LogP contribution in [0.1, 0.15) is 44.5 Å². The van der Waals surface area contributed by atoms with Gasteiger partial charge in [0.2, 0.25) is 0 Å². The molecule has 0 spiro atoms. The van der Waals surface area contributed by atoms with Crippen molar-refractivity contribution in [3.05, 3.63) is 336 Å². The molecule has 17 aromatic rings. The van der Waals surface area contributed by atoms with E-state index >= 15 is 0 Å². The van der Waals surface area contributed by atoms with Crippen molar-refractivity contribution in [3.8, 4) is 44.5 Å². The maximum Gasteiger partial charge on any atom is 0.0714 e. The van der Waals surface area contributed by atoms with Gasteiger partial charge in [0.05, 0.1) is 43.9 Å². The van der Waals surface area contributed by atoms with E-state index in [4.69, 9.17) is 0 Å². The molecule has 0 atom stereocenters. The van der Waals surface area contributed by atoms with Crippen LogP contribution in [0, 0.1) is 0 Å². The van der Waals surface area contributed by atoms with E-state index in [1.807, 2.05) is 0 Å². The Morgan fingerprint density at radius 2 is 0.512 bits per heavy atom. The summed E-state index contributed by atoms with van der Waals surface area (Å²) >= 11 is 0. The summed E-state index contributed by atoms with van der Waals surface area (Å²) in [5, 5.41) is 10.2. The maximum atomic E-state index is 2.70. The summed E-state index contributed by atoms with van der Waals surface area (Å²) < 4.78 is 5.39. The van der Waals surface area contributed by atoms with Crippen LogP contribution in [0.15, 0.2) is 291 Å². The van der Waals surface area contributed by atoms with Crippen molar-refractivity contribution in [2.75, 3.05) is 0 Å². The van der Waals surface area contributed by atoms with Gasteiger partial charge >= 0.3 is 0 Å². The molecule has 2 aliphatic rings. The van der Waals surface area contributed by atoms with Gasteiger partial charge in [-0.25, -0.2) is 0 Å². The first-order valence-electron chi connectivity index (χ1n) is 28.8. The number of hydrogen-bond acceptors (Lipinski definition) is 0. The highest BCUT2D eigenvalue weighted by Gasteiger charge is 2.50. The number of rotatable bonds is 6. The average molecular weight is 1040 g/mol. The molecule has 0 saturated carbocycles. The van der Waals surface area contributed by atoms with E-state index in [2.05, 4.69) is 300 Å². The van der Waals surface area contributed by atoms with Gasteiger partial charge in [-0.2, -0.15) is 0 Å². The maximum absolute atomic E-state index is 2.70. The van der Waals surface area contributed by atoms with E-state index in [0.717, 1.165) is 0 Å². The van der Waals surface area contributed by atoms with Gasteiger partial charge in [0.1, 0.15) is 0 Å². The van der Waals surface area contributed by atoms with Gasteiger partial charge < -0.3 is 8.80 Å². The predicted molar refractivity (Wildman–Crippen MR) is 341 cm³/mol. The van der Waals surface area contributed by atoms with Crippen LogP contribution in [0.5, 0.6) is 0 Å². The second kappa shape index (κ2) is 16.1. The second-order valence-electron chi connectivity index (χ2n) is 22.8. The molecule has 13 aromatic carbocycles. The van der Waals surface area contributed by atoms with Crippen molar-refractivity contribution in [2.24, 2.45) is 0 Å². The van der Waals surface area contributed by atoms with Gasteiger partial charge in [-0.3, -0.25) is 0 Å². The number of para-hydroxylation sites is 2. The molecule has 0 unspecified atom stereocenters. The molecule has 0 bridgehead atoms.